The number of ether oxygens (including phenoxy) is 1. The number of carbonyl (C=O) groups excluding carboxylic acids is 1. The predicted molar refractivity (Wildman–Crippen MR) is 101 cm³/mol. The molecule has 28 heavy (non-hydrogen) atoms. The summed E-state index contributed by atoms with van der Waals surface area (Å²) >= 11 is 0. The first-order chi connectivity index (χ1) is 13.4. The maximum atomic E-state index is 12.2. The molecule has 0 radical (unpaired) electrons. The third kappa shape index (κ3) is 4.32. The third-order valence-electron chi connectivity index (χ3n) is 4.55. The lowest BCUT2D eigenvalue weighted by Gasteiger charge is -2.22. The molecule has 1 aliphatic heterocycles. The van der Waals surface area contributed by atoms with E-state index in [1.807, 2.05) is 51.1 Å². The van der Waals surface area contributed by atoms with Gasteiger partial charge in [0.05, 0.1) is 11.8 Å². The molecule has 2 aromatic rings. The fourth-order valence-electron chi connectivity index (χ4n) is 3.07. The van der Waals surface area contributed by atoms with Crippen LogP contribution in [0.1, 0.15) is 69.5 Å². The number of oxime groups is 1. The van der Waals surface area contributed by atoms with Crippen LogP contribution in [0, 0.1) is 5.92 Å². The molecule has 1 saturated carbocycles. The molecule has 148 valence electrons. The monoisotopic (exact) mass is 384 g/mol. The topological polar surface area (TPSA) is 98.8 Å². The number of alkyl carbamates (subject to hydrolysis) is 1. The predicted octanol–water partition coefficient (Wildman–Crippen LogP) is 3.91. The van der Waals surface area contributed by atoms with Crippen LogP contribution in [-0.2, 0) is 9.57 Å². The van der Waals surface area contributed by atoms with Crippen LogP contribution in [-0.4, -0.2) is 27.5 Å². The number of nitrogens with one attached hydrogen (secondary N) is 1. The summed E-state index contributed by atoms with van der Waals surface area (Å²) in [5, 5.41) is 11.1. The van der Waals surface area contributed by atoms with Gasteiger partial charge in [-0.25, -0.2) is 4.79 Å². The van der Waals surface area contributed by atoms with Gasteiger partial charge in [-0.15, -0.1) is 0 Å². The van der Waals surface area contributed by atoms with Gasteiger partial charge >= 0.3 is 6.09 Å². The Morgan fingerprint density at radius 3 is 2.68 bits per heavy atom. The molecule has 1 N–H and O–H groups in total. The molecular weight excluding hydrogens is 360 g/mol. The standard InChI is InChI=1S/C20H24N4O4/c1-20(2,3)26-19(25)21-16(13-9-10-13)17-22-18(28-24-17)15-11-14(23-27-15)12-7-5-4-6-8-12/h4-8,13,15-16H,9-11H2,1-3H3,(H,21,25)/t15-,16-/m0/s1. The summed E-state index contributed by atoms with van der Waals surface area (Å²) in [5.41, 5.74) is 1.28. The Balaban J connectivity index is 1.42. The molecule has 1 aliphatic carbocycles. The lowest BCUT2D eigenvalue weighted by Crippen LogP contribution is -2.36. The van der Waals surface area contributed by atoms with Crippen LogP contribution in [0.5, 0.6) is 0 Å². The molecule has 2 heterocycles. The highest BCUT2D eigenvalue weighted by Crippen LogP contribution is 2.41. The van der Waals surface area contributed by atoms with Gasteiger partial charge in [-0.1, -0.05) is 40.6 Å². The maximum absolute atomic E-state index is 12.2. The molecule has 0 spiro atoms. The van der Waals surface area contributed by atoms with Crippen molar-refractivity contribution in [1.29, 1.82) is 0 Å². The van der Waals surface area contributed by atoms with E-state index < -0.39 is 17.8 Å². The van der Waals surface area contributed by atoms with Gasteiger partial charge in [0.1, 0.15) is 5.60 Å². The van der Waals surface area contributed by atoms with Crippen LogP contribution in [0.25, 0.3) is 0 Å². The fraction of sp³-hybridized carbons (Fsp3) is 0.500. The Morgan fingerprint density at radius 2 is 2.00 bits per heavy atom. The molecule has 1 aromatic carbocycles. The Kier molecular flexibility index (Phi) is 4.78. The first-order valence-corrected chi connectivity index (χ1v) is 9.50. The molecule has 2 atom stereocenters. The Bertz CT molecular complexity index is 868. The molecule has 2 aliphatic rings. The summed E-state index contributed by atoms with van der Waals surface area (Å²) in [6.07, 6.45) is 1.66. The van der Waals surface area contributed by atoms with Gasteiger partial charge in [0.15, 0.2) is 5.82 Å². The van der Waals surface area contributed by atoms with E-state index in [-0.39, 0.29) is 6.04 Å². The summed E-state index contributed by atoms with van der Waals surface area (Å²) in [7, 11) is 0. The number of amides is 1. The average Bonchev–Trinajstić information content (AvgIpc) is 3.16. The number of aromatic nitrogens is 2. The fourth-order valence-corrected chi connectivity index (χ4v) is 3.07. The van der Waals surface area contributed by atoms with Crippen molar-refractivity contribution in [2.45, 2.75) is 57.8 Å². The summed E-state index contributed by atoms with van der Waals surface area (Å²) < 4.78 is 10.8. The normalized spacial score (nSPS) is 20.2. The van der Waals surface area contributed by atoms with Gasteiger partial charge in [-0.2, -0.15) is 4.98 Å². The largest absolute Gasteiger partial charge is 0.444 e. The van der Waals surface area contributed by atoms with Crippen LogP contribution in [0.2, 0.25) is 0 Å². The van der Waals surface area contributed by atoms with E-state index in [9.17, 15) is 4.79 Å². The lowest BCUT2D eigenvalue weighted by atomic mass is 10.1. The second kappa shape index (κ2) is 7.26. The van der Waals surface area contributed by atoms with Crippen LogP contribution in [0.3, 0.4) is 0 Å². The molecule has 1 fully saturated rings. The molecule has 8 heteroatoms. The van der Waals surface area contributed by atoms with E-state index >= 15 is 0 Å². The molecule has 8 nitrogen and oxygen atoms in total. The summed E-state index contributed by atoms with van der Waals surface area (Å²) in [4.78, 5) is 22.2. The third-order valence-corrected chi connectivity index (χ3v) is 4.55. The van der Waals surface area contributed by atoms with E-state index in [1.165, 1.54) is 0 Å². The highest BCUT2D eigenvalue weighted by molar-refractivity contribution is 6.01. The van der Waals surface area contributed by atoms with E-state index in [4.69, 9.17) is 14.1 Å². The van der Waals surface area contributed by atoms with Crippen LogP contribution < -0.4 is 5.32 Å². The molecule has 1 amide bonds. The molecular formula is C20H24N4O4. The second-order valence-electron chi connectivity index (χ2n) is 8.15. The van der Waals surface area contributed by atoms with Gasteiger partial charge in [-0.3, -0.25) is 0 Å². The van der Waals surface area contributed by atoms with Crippen LogP contribution in [0.4, 0.5) is 4.79 Å². The second-order valence-corrected chi connectivity index (χ2v) is 8.15. The molecule has 0 unspecified atom stereocenters. The molecule has 4 rings (SSSR count). The van der Waals surface area contributed by atoms with Crippen molar-refractivity contribution in [3.05, 3.63) is 47.6 Å². The van der Waals surface area contributed by atoms with E-state index in [1.54, 1.807) is 0 Å². The first kappa shape index (κ1) is 18.5. The number of benzene rings is 1. The van der Waals surface area contributed by atoms with Crippen molar-refractivity contribution in [1.82, 2.24) is 15.5 Å². The zero-order valence-corrected chi connectivity index (χ0v) is 16.2. The van der Waals surface area contributed by atoms with Gasteiger partial charge in [-0.05, 0) is 45.1 Å². The number of rotatable bonds is 5. The zero-order valence-electron chi connectivity index (χ0n) is 16.2. The minimum atomic E-state index is -0.566. The van der Waals surface area contributed by atoms with Crippen molar-refractivity contribution in [3.8, 4) is 0 Å². The average molecular weight is 384 g/mol. The zero-order chi connectivity index (χ0) is 19.7. The lowest BCUT2D eigenvalue weighted by molar-refractivity contribution is 0.0493. The number of hydrogen-bond donors (Lipinski definition) is 1. The van der Waals surface area contributed by atoms with Gasteiger partial charge in [0.25, 0.3) is 5.89 Å². The smallest absolute Gasteiger partial charge is 0.408 e. The van der Waals surface area contributed by atoms with E-state index in [0.717, 1.165) is 24.1 Å². The van der Waals surface area contributed by atoms with Crippen LogP contribution in [0.15, 0.2) is 40.0 Å². The van der Waals surface area contributed by atoms with Gasteiger partial charge in [0.2, 0.25) is 6.10 Å². The minimum Gasteiger partial charge on any atom is -0.444 e. The number of hydrogen-bond acceptors (Lipinski definition) is 7. The highest BCUT2D eigenvalue weighted by atomic mass is 16.7. The quantitative estimate of drug-likeness (QED) is 0.839. The molecule has 0 bridgehead atoms. The molecule has 0 saturated heterocycles. The first-order valence-electron chi connectivity index (χ1n) is 9.50. The Morgan fingerprint density at radius 1 is 1.25 bits per heavy atom. The SMILES string of the molecule is CC(C)(C)OC(=O)N[C@H](c1noc([C@@H]2CC(c3ccccc3)=NO2)n1)C1CC1. The highest BCUT2D eigenvalue weighted by Gasteiger charge is 2.39. The molecule has 1 aromatic heterocycles. The minimum absolute atomic E-state index is 0.290. The number of nitrogens with zero attached hydrogens (tertiary/aromatic N) is 3. The van der Waals surface area contributed by atoms with E-state index in [2.05, 4.69) is 20.6 Å². The van der Waals surface area contributed by atoms with Crippen molar-refractivity contribution in [2.75, 3.05) is 0 Å². The maximum Gasteiger partial charge on any atom is 0.408 e. The van der Waals surface area contributed by atoms with Crippen LogP contribution >= 0.6 is 0 Å². The van der Waals surface area contributed by atoms with Crippen molar-refractivity contribution in [3.63, 3.8) is 0 Å². The van der Waals surface area contributed by atoms with Gasteiger partial charge < -0.3 is 19.4 Å². The summed E-state index contributed by atoms with van der Waals surface area (Å²) in [5.74, 6) is 1.10. The van der Waals surface area contributed by atoms with Gasteiger partial charge in [0, 0.05) is 6.42 Å². The summed E-state index contributed by atoms with van der Waals surface area (Å²) in [6, 6.07) is 9.51. The Hall–Kier alpha value is -2.90. The van der Waals surface area contributed by atoms with Crippen molar-refractivity contribution >= 4 is 11.8 Å². The van der Waals surface area contributed by atoms with Crippen molar-refractivity contribution < 1.29 is 18.9 Å². The Labute approximate surface area is 163 Å². The van der Waals surface area contributed by atoms with Crippen molar-refractivity contribution in [2.24, 2.45) is 11.1 Å². The number of carbonyl (C=O) groups is 1. The van der Waals surface area contributed by atoms with E-state index in [0.29, 0.717) is 24.1 Å². The summed E-state index contributed by atoms with van der Waals surface area (Å²) in [6.45, 7) is 5.48.